The fourth-order valence-corrected chi connectivity index (χ4v) is 2.42. The lowest BCUT2D eigenvalue weighted by Gasteiger charge is -2.19. The molecule has 0 aliphatic rings. The van der Waals surface area contributed by atoms with Crippen molar-refractivity contribution in [2.75, 3.05) is 24.2 Å². The van der Waals surface area contributed by atoms with E-state index in [9.17, 15) is 17.6 Å². The topological polar surface area (TPSA) is 141 Å². The number of nitrogen functional groups attached to an aromatic ring is 1. The van der Waals surface area contributed by atoms with E-state index in [-0.39, 0.29) is 11.9 Å². The van der Waals surface area contributed by atoms with Crippen LogP contribution in [0, 0.1) is 5.82 Å². The van der Waals surface area contributed by atoms with Crippen molar-refractivity contribution in [1.82, 2.24) is 14.6 Å². The molecule has 9 nitrogen and oxygen atoms in total. The number of carbonyl (C=O) groups is 1. The molecule has 0 saturated heterocycles. The Morgan fingerprint density at radius 1 is 1.35 bits per heavy atom. The molecule has 0 aliphatic heterocycles. The number of nitrogens with zero attached hydrogens (tertiary/aromatic N) is 3. The van der Waals surface area contributed by atoms with E-state index in [2.05, 4.69) is 15.4 Å². The zero-order chi connectivity index (χ0) is 23.2. The molecule has 1 unspecified atom stereocenters. The molecular weight excluding hydrogens is 424 g/mol. The molecule has 0 saturated carbocycles. The summed E-state index contributed by atoms with van der Waals surface area (Å²) in [5, 5.41) is 14.4. The van der Waals surface area contributed by atoms with Gasteiger partial charge < -0.3 is 26.6 Å². The molecule has 0 spiro atoms. The van der Waals surface area contributed by atoms with Crippen molar-refractivity contribution in [2.45, 2.75) is 19.1 Å². The van der Waals surface area contributed by atoms with Crippen molar-refractivity contribution >= 4 is 23.1 Å². The molecule has 0 radical (unpaired) electrons. The minimum absolute atomic E-state index is 0.229. The Morgan fingerprint density at radius 2 is 2.03 bits per heavy atom. The van der Waals surface area contributed by atoms with Gasteiger partial charge in [0, 0.05) is 18.3 Å². The van der Waals surface area contributed by atoms with Crippen LogP contribution in [0.3, 0.4) is 0 Å². The highest BCUT2D eigenvalue weighted by Gasteiger charge is 2.38. The zero-order valence-corrected chi connectivity index (χ0v) is 16.2. The fraction of sp³-hybridized carbons (Fsp3) is 0.278. The maximum absolute atomic E-state index is 13.6. The van der Waals surface area contributed by atoms with Crippen molar-refractivity contribution < 1.29 is 32.2 Å². The normalized spacial score (nSPS) is 12.1. The molecular formula is C18H20F4N6O3. The minimum Gasteiger partial charge on any atom is -0.492 e. The summed E-state index contributed by atoms with van der Waals surface area (Å²) in [6.07, 6.45) is -1.79. The van der Waals surface area contributed by atoms with Crippen LogP contribution in [0.4, 0.5) is 29.1 Å². The van der Waals surface area contributed by atoms with E-state index in [1.54, 1.807) is 29.0 Å². The molecule has 6 N–H and O–H groups in total. The molecule has 31 heavy (non-hydrogen) atoms. The molecule has 3 rings (SSSR count). The molecule has 0 aliphatic carbocycles. The summed E-state index contributed by atoms with van der Waals surface area (Å²) in [5.41, 5.74) is 13.0. The average Bonchev–Trinajstić information content (AvgIpc) is 3.07. The van der Waals surface area contributed by atoms with Crippen LogP contribution in [-0.2, 0) is 4.79 Å². The van der Waals surface area contributed by atoms with Gasteiger partial charge in [0.1, 0.15) is 24.0 Å². The van der Waals surface area contributed by atoms with Gasteiger partial charge in [-0.3, -0.25) is 0 Å². The van der Waals surface area contributed by atoms with Gasteiger partial charge in [-0.15, -0.1) is 0 Å². The van der Waals surface area contributed by atoms with Gasteiger partial charge in [0.2, 0.25) is 0 Å². The molecule has 168 valence electrons. The number of carboxylic acids is 1. The Hall–Kier alpha value is -3.61. The average molecular weight is 444 g/mol. The number of aromatic nitrogens is 3. The van der Waals surface area contributed by atoms with E-state index in [1.165, 1.54) is 12.1 Å². The van der Waals surface area contributed by atoms with Gasteiger partial charge in [0.25, 0.3) is 0 Å². The highest BCUT2D eigenvalue weighted by atomic mass is 19.4. The number of hydrogen-bond donors (Lipinski definition) is 4. The van der Waals surface area contributed by atoms with Crippen molar-refractivity contribution in [3.8, 4) is 5.75 Å². The Labute approximate surface area is 173 Å². The number of carboxylic acid groups (broad SMARTS) is 1. The first-order chi connectivity index (χ1) is 14.5. The molecule has 13 heteroatoms. The van der Waals surface area contributed by atoms with Gasteiger partial charge in [-0.05, 0) is 31.2 Å². The standard InChI is InChI=1S/C16H19FN6O.C2HF3O2/c1-10(12-8-11(17)2-3-14(12)24-7-5-18)21-15-4-6-23-16(22-15)13(19)9-20-23;3-2(4,5)1(6)7/h2-4,6,8-10H,5,7,18-19H2,1H3,(H,21,22);(H,6,7). The second-order valence-electron chi connectivity index (χ2n) is 6.17. The third-order valence-electron chi connectivity index (χ3n) is 3.82. The monoisotopic (exact) mass is 444 g/mol. The van der Waals surface area contributed by atoms with Gasteiger partial charge in [-0.1, -0.05) is 0 Å². The SMILES string of the molecule is CC(Nc1ccn2ncc(N)c2n1)c1cc(F)ccc1OCCN.O=C(O)C(F)(F)F. The van der Waals surface area contributed by atoms with Crippen LogP contribution in [0.5, 0.6) is 5.75 Å². The van der Waals surface area contributed by atoms with Crippen LogP contribution in [0.15, 0.2) is 36.7 Å². The fourth-order valence-electron chi connectivity index (χ4n) is 2.42. The second-order valence-corrected chi connectivity index (χ2v) is 6.17. The summed E-state index contributed by atoms with van der Waals surface area (Å²) in [4.78, 5) is 13.3. The first-order valence-electron chi connectivity index (χ1n) is 8.81. The Morgan fingerprint density at radius 3 is 2.65 bits per heavy atom. The third-order valence-corrected chi connectivity index (χ3v) is 3.82. The predicted octanol–water partition coefficient (Wildman–Crippen LogP) is 2.59. The summed E-state index contributed by atoms with van der Waals surface area (Å²) in [6.45, 7) is 2.65. The maximum atomic E-state index is 13.6. The summed E-state index contributed by atoms with van der Waals surface area (Å²) in [5.74, 6) is -1.89. The van der Waals surface area contributed by atoms with E-state index in [0.29, 0.717) is 41.6 Å². The van der Waals surface area contributed by atoms with E-state index < -0.39 is 12.1 Å². The predicted molar refractivity (Wildman–Crippen MR) is 104 cm³/mol. The van der Waals surface area contributed by atoms with Crippen molar-refractivity contribution in [3.05, 3.63) is 48.0 Å². The second kappa shape index (κ2) is 9.93. The molecule has 2 heterocycles. The van der Waals surface area contributed by atoms with Crippen molar-refractivity contribution in [3.63, 3.8) is 0 Å². The van der Waals surface area contributed by atoms with Crippen LogP contribution >= 0.6 is 0 Å². The van der Waals surface area contributed by atoms with Gasteiger partial charge in [0.05, 0.1) is 17.9 Å². The molecule has 0 amide bonds. The largest absolute Gasteiger partial charge is 0.492 e. The number of alkyl halides is 3. The lowest BCUT2D eigenvalue weighted by Crippen LogP contribution is -2.21. The Balaban J connectivity index is 0.000000423. The first-order valence-corrected chi connectivity index (χ1v) is 8.81. The van der Waals surface area contributed by atoms with E-state index in [4.69, 9.17) is 26.1 Å². The number of fused-ring (bicyclic) bond motifs is 1. The highest BCUT2D eigenvalue weighted by Crippen LogP contribution is 2.28. The number of rotatable bonds is 6. The maximum Gasteiger partial charge on any atom is 0.490 e. The van der Waals surface area contributed by atoms with Crippen LogP contribution in [0.25, 0.3) is 5.65 Å². The number of ether oxygens (including phenoxy) is 1. The Kier molecular flexibility index (Phi) is 7.58. The number of nitrogens with one attached hydrogen (secondary N) is 1. The number of aliphatic carboxylic acids is 1. The minimum atomic E-state index is -5.08. The van der Waals surface area contributed by atoms with Gasteiger partial charge in [-0.2, -0.15) is 18.3 Å². The first kappa shape index (κ1) is 23.7. The summed E-state index contributed by atoms with van der Waals surface area (Å²) >= 11 is 0. The van der Waals surface area contributed by atoms with Crippen LogP contribution in [0.1, 0.15) is 18.5 Å². The van der Waals surface area contributed by atoms with Crippen LogP contribution < -0.4 is 21.5 Å². The number of anilines is 2. The summed E-state index contributed by atoms with van der Waals surface area (Å²) in [6, 6.07) is 5.95. The van der Waals surface area contributed by atoms with E-state index >= 15 is 0 Å². The molecule has 2 aromatic heterocycles. The van der Waals surface area contributed by atoms with Gasteiger partial charge in [0.15, 0.2) is 5.65 Å². The molecule has 1 atom stereocenters. The number of hydrogen-bond acceptors (Lipinski definition) is 7. The quantitative estimate of drug-likeness (QED) is 0.425. The number of halogens is 4. The van der Waals surface area contributed by atoms with Crippen LogP contribution in [-0.4, -0.2) is 45.0 Å². The van der Waals surface area contributed by atoms with Gasteiger partial charge >= 0.3 is 12.1 Å². The van der Waals surface area contributed by atoms with E-state index in [0.717, 1.165) is 0 Å². The zero-order valence-electron chi connectivity index (χ0n) is 16.2. The van der Waals surface area contributed by atoms with Gasteiger partial charge in [-0.25, -0.2) is 18.7 Å². The molecule has 0 fully saturated rings. The third kappa shape index (κ3) is 6.44. The smallest absolute Gasteiger partial charge is 0.490 e. The lowest BCUT2D eigenvalue weighted by molar-refractivity contribution is -0.192. The van der Waals surface area contributed by atoms with Crippen LogP contribution in [0.2, 0.25) is 0 Å². The molecule has 3 aromatic rings. The summed E-state index contributed by atoms with van der Waals surface area (Å²) < 4.78 is 52.5. The Bertz CT molecular complexity index is 1040. The lowest BCUT2D eigenvalue weighted by atomic mass is 10.1. The number of nitrogens with two attached hydrogens (primary N) is 2. The van der Waals surface area contributed by atoms with Crippen molar-refractivity contribution in [2.24, 2.45) is 5.73 Å². The number of benzene rings is 1. The summed E-state index contributed by atoms with van der Waals surface area (Å²) in [7, 11) is 0. The molecule has 0 bridgehead atoms. The van der Waals surface area contributed by atoms with E-state index in [1.807, 2.05) is 6.92 Å². The van der Waals surface area contributed by atoms with Crippen molar-refractivity contribution in [1.29, 1.82) is 0 Å². The highest BCUT2D eigenvalue weighted by molar-refractivity contribution is 5.73. The molecule has 1 aromatic carbocycles.